The normalized spacial score (nSPS) is 30.1. The molecule has 4 heteroatoms. The summed E-state index contributed by atoms with van der Waals surface area (Å²) < 4.78 is 5.32. The predicted molar refractivity (Wildman–Crippen MR) is 51.8 cm³/mol. The van der Waals surface area contributed by atoms with Gasteiger partial charge in [0.1, 0.15) is 6.10 Å². The van der Waals surface area contributed by atoms with Crippen LogP contribution in [0.1, 0.15) is 20.3 Å². The number of rotatable bonds is 3. The Bertz CT molecular complexity index is 186. The van der Waals surface area contributed by atoms with Gasteiger partial charge in [-0.15, -0.1) is 11.6 Å². The third-order valence-electron chi connectivity index (χ3n) is 2.27. The lowest BCUT2D eigenvalue weighted by Crippen LogP contribution is -2.42. The van der Waals surface area contributed by atoms with Gasteiger partial charge < -0.3 is 10.1 Å². The molecule has 0 aromatic carbocycles. The predicted octanol–water partition coefficient (Wildman–Crippen LogP) is 1.15. The fourth-order valence-corrected chi connectivity index (χ4v) is 1.47. The van der Waals surface area contributed by atoms with Crippen LogP contribution in [0, 0.1) is 5.92 Å². The van der Waals surface area contributed by atoms with E-state index < -0.39 is 0 Å². The van der Waals surface area contributed by atoms with Crippen LogP contribution in [0.4, 0.5) is 0 Å². The maximum absolute atomic E-state index is 11.5. The summed E-state index contributed by atoms with van der Waals surface area (Å²) in [6.07, 6.45) is 0.693. The SMILES string of the molecule is CC(CCl)NC(=O)C1OCCC1C. The van der Waals surface area contributed by atoms with Gasteiger partial charge in [-0.05, 0) is 19.3 Å². The van der Waals surface area contributed by atoms with E-state index in [9.17, 15) is 4.79 Å². The zero-order chi connectivity index (χ0) is 9.84. The number of hydrogen-bond acceptors (Lipinski definition) is 2. The third kappa shape index (κ3) is 2.85. The average Bonchev–Trinajstić information content (AvgIpc) is 2.51. The molecule has 1 heterocycles. The molecule has 0 spiro atoms. The topological polar surface area (TPSA) is 38.3 Å². The van der Waals surface area contributed by atoms with Gasteiger partial charge in [0.25, 0.3) is 0 Å². The van der Waals surface area contributed by atoms with Crippen LogP contribution in [-0.2, 0) is 9.53 Å². The third-order valence-corrected chi connectivity index (χ3v) is 2.73. The summed E-state index contributed by atoms with van der Waals surface area (Å²) >= 11 is 5.58. The van der Waals surface area contributed by atoms with E-state index in [-0.39, 0.29) is 18.1 Å². The van der Waals surface area contributed by atoms with Crippen LogP contribution in [0.25, 0.3) is 0 Å². The minimum absolute atomic E-state index is 0.0190. The highest BCUT2D eigenvalue weighted by Crippen LogP contribution is 2.19. The van der Waals surface area contributed by atoms with Gasteiger partial charge in [-0.3, -0.25) is 4.79 Å². The first-order chi connectivity index (χ1) is 6.15. The minimum atomic E-state index is -0.273. The lowest BCUT2D eigenvalue weighted by atomic mass is 10.0. The second-order valence-corrected chi connectivity index (χ2v) is 3.93. The van der Waals surface area contributed by atoms with E-state index in [1.54, 1.807) is 0 Å². The maximum atomic E-state index is 11.5. The van der Waals surface area contributed by atoms with Crippen molar-refractivity contribution in [2.24, 2.45) is 5.92 Å². The van der Waals surface area contributed by atoms with E-state index in [1.165, 1.54) is 0 Å². The lowest BCUT2D eigenvalue weighted by Gasteiger charge is -2.17. The summed E-state index contributed by atoms with van der Waals surface area (Å²) in [6.45, 7) is 4.60. The number of alkyl halides is 1. The molecule has 0 radical (unpaired) electrons. The number of halogens is 1. The summed E-state index contributed by atoms with van der Waals surface area (Å²) in [5, 5.41) is 2.81. The molecular formula is C9H16ClNO2. The van der Waals surface area contributed by atoms with Crippen molar-refractivity contribution in [3.63, 3.8) is 0 Å². The molecule has 3 unspecified atom stereocenters. The monoisotopic (exact) mass is 205 g/mol. The quantitative estimate of drug-likeness (QED) is 0.703. The van der Waals surface area contributed by atoms with Crippen molar-refractivity contribution in [1.29, 1.82) is 0 Å². The van der Waals surface area contributed by atoms with Gasteiger partial charge in [0.2, 0.25) is 5.91 Å². The zero-order valence-electron chi connectivity index (χ0n) is 8.05. The molecule has 0 aromatic rings. The number of amides is 1. The molecule has 1 aliphatic heterocycles. The van der Waals surface area contributed by atoms with E-state index >= 15 is 0 Å². The van der Waals surface area contributed by atoms with Gasteiger partial charge >= 0.3 is 0 Å². The average molecular weight is 206 g/mol. The summed E-state index contributed by atoms with van der Waals surface area (Å²) in [4.78, 5) is 11.5. The molecule has 13 heavy (non-hydrogen) atoms. The molecule has 3 atom stereocenters. The zero-order valence-corrected chi connectivity index (χ0v) is 8.80. The van der Waals surface area contributed by atoms with E-state index in [1.807, 2.05) is 13.8 Å². The smallest absolute Gasteiger partial charge is 0.249 e. The Labute approximate surface area is 83.8 Å². The number of ether oxygens (including phenoxy) is 1. The van der Waals surface area contributed by atoms with E-state index in [2.05, 4.69) is 5.32 Å². The standard InChI is InChI=1S/C9H16ClNO2/c1-6-3-4-13-8(6)9(12)11-7(2)5-10/h6-8H,3-5H2,1-2H3,(H,11,12). The number of hydrogen-bond donors (Lipinski definition) is 1. The molecule has 1 saturated heterocycles. The van der Waals surface area contributed by atoms with Crippen LogP contribution >= 0.6 is 11.6 Å². The summed E-state index contributed by atoms with van der Waals surface area (Å²) in [6, 6.07) is 0.0190. The summed E-state index contributed by atoms with van der Waals surface area (Å²) in [5.74, 6) is 0.730. The first-order valence-corrected chi connectivity index (χ1v) is 5.16. The Morgan fingerprint density at radius 1 is 1.77 bits per heavy atom. The summed E-state index contributed by atoms with van der Waals surface area (Å²) in [7, 11) is 0. The molecule has 0 bridgehead atoms. The Balaban J connectivity index is 2.38. The largest absolute Gasteiger partial charge is 0.368 e. The number of carbonyl (C=O) groups is 1. The molecule has 0 aromatic heterocycles. The van der Waals surface area contributed by atoms with Gasteiger partial charge in [-0.2, -0.15) is 0 Å². The first-order valence-electron chi connectivity index (χ1n) is 4.63. The highest BCUT2D eigenvalue weighted by molar-refractivity contribution is 6.18. The molecule has 0 saturated carbocycles. The molecule has 0 aliphatic carbocycles. The Morgan fingerprint density at radius 3 is 2.92 bits per heavy atom. The van der Waals surface area contributed by atoms with Crippen LogP contribution in [-0.4, -0.2) is 30.5 Å². The Morgan fingerprint density at radius 2 is 2.46 bits per heavy atom. The molecule has 1 amide bonds. The van der Waals surface area contributed by atoms with Crippen molar-refractivity contribution in [3.05, 3.63) is 0 Å². The van der Waals surface area contributed by atoms with Crippen molar-refractivity contribution in [3.8, 4) is 0 Å². The van der Waals surface area contributed by atoms with Crippen LogP contribution in [0.3, 0.4) is 0 Å². The van der Waals surface area contributed by atoms with Crippen LogP contribution in [0.5, 0.6) is 0 Å². The molecule has 1 fully saturated rings. The molecule has 1 N–H and O–H groups in total. The van der Waals surface area contributed by atoms with Gasteiger partial charge in [-0.1, -0.05) is 6.92 Å². The Hall–Kier alpha value is -0.280. The minimum Gasteiger partial charge on any atom is -0.368 e. The first kappa shape index (κ1) is 10.8. The van der Waals surface area contributed by atoms with Gasteiger partial charge in [0, 0.05) is 18.5 Å². The second-order valence-electron chi connectivity index (χ2n) is 3.62. The van der Waals surface area contributed by atoms with Crippen molar-refractivity contribution in [2.45, 2.75) is 32.4 Å². The molecule has 76 valence electrons. The lowest BCUT2D eigenvalue weighted by molar-refractivity contribution is -0.131. The molecular weight excluding hydrogens is 190 g/mol. The van der Waals surface area contributed by atoms with E-state index in [0.29, 0.717) is 18.4 Å². The van der Waals surface area contributed by atoms with Gasteiger partial charge in [-0.25, -0.2) is 0 Å². The van der Waals surface area contributed by atoms with Crippen molar-refractivity contribution in [1.82, 2.24) is 5.32 Å². The fourth-order valence-electron chi connectivity index (χ4n) is 1.39. The fraction of sp³-hybridized carbons (Fsp3) is 0.889. The summed E-state index contributed by atoms with van der Waals surface area (Å²) in [5.41, 5.74) is 0. The van der Waals surface area contributed by atoms with Gasteiger partial charge in [0.05, 0.1) is 0 Å². The van der Waals surface area contributed by atoms with Gasteiger partial charge in [0.15, 0.2) is 0 Å². The van der Waals surface area contributed by atoms with Crippen LogP contribution in [0.2, 0.25) is 0 Å². The van der Waals surface area contributed by atoms with Crippen molar-refractivity contribution >= 4 is 17.5 Å². The highest BCUT2D eigenvalue weighted by atomic mass is 35.5. The number of nitrogens with one attached hydrogen (secondary N) is 1. The van der Waals surface area contributed by atoms with E-state index in [4.69, 9.17) is 16.3 Å². The van der Waals surface area contributed by atoms with Crippen LogP contribution < -0.4 is 5.32 Å². The molecule has 3 nitrogen and oxygen atoms in total. The van der Waals surface area contributed by atoms with Crippen molar-refractivity contribution < 1.29 is 9.53 Å². The Kier molecular flexibility index (Phi) is 4.00. The maximum Gasteiger partial charge on any atom is 0.249 e. The van der Waals surface area contributed by atoms with Crippen molar-refractivity contribution in [2.75, 3.05) is 12.5 Å². The second kappa shape index (κ2) is 4.82. The molecule has 1 aliphatic rings. The van der Waals surface area contributed by atoms with Crippen LogP contribution in [0.15, 0.2) is 0 Å². The highest BCUT2D eigenvalue weighted by Gasteiger charge is 2.31. The molecule has 1 rings (SSSR count). The van der Waals surface area contributed by atoms with E-state index in [0.717, 1.165) is 6.42 Å². The number of carbonyl (C=O) groups excluding carboxylic acids is 1.